The monoisotopic (exact) mass is 402 g/mol. The van der Waals surface area contributed by atoms with Gasteiger partial charge in [0.05, 0.1) is 0 Å². The molecule has 3 aromatic rings. The second-order valence-corrected chi connectivity index (χ2v) is 9.69. The van der Waals surface area contributed by atoms with Gasteiger partial charge in [-0.25, -0.2) is 9.48 Å². The number of rotatable bonds is 4. The number of hydrogen-bond donors (Lipinski definition) is 1. The van der Waals surface area contributed by atoms with Gasteiger partial charge in [-0.2, -0.15) is 0 Å². The van der Waals surface area contributed by atoms with Crippen molar-refractivity contribution in [3.63, 3.8) is 0 Å². The predicted octanol–water partition coefficient (Wildman–Crippen LogP) is 3.60. The quantitative estimate of drug-likeness (QED) is 0.725. The van der Waals surface area contributed by atoms with Gasteiger partial charge in [-0.1, -0.05) is 18.2 Å². The molecule has 0 saturated heterocycles. The highest BCUT2D eigenvalue weighted by atomic mass is 16.2. The minimum atomic E-state index is -0.307. The Morgan fingerprint density at radius 2 is 1.67 bits per heavy atom. The maximum absolute atomic E-state index is 12.5. The first-order chi connectivity index (χ1) is 14.6. The second kappa shape index (κ2) is 6.56. The average Bonchev–Trinajstić information content (AvgIpc) is 3.03. The van der Waals surface area contributed by atoms with Crippen molar-refractivity contribution in [2.45, 2.75) is 50.5 Å². The first kappa shape index (κ1) is 17.9. The highest BCUT2D eigenvalue weighted by Crippen LogP contribution is 2.60. The van der Waals surface area contributed by atoms with Crippen molar-refractivity contribution in [1.29, 1.82) is 0 Å². The number of nitrogens with zero attached hydrogens (tertiary/aromatic N) is 3. The van der Waals surface area contributed by atoms with E-state index in [1.165, 1.54) is 53.2 Å². The lowest BCUT2D eigenvalue weighted by Gasteiger charge is -2.57. The number of carbonyl (C=O) groups excluding carboxylic acids is 1. The number of benzene rings is 1. The van der Waals surface area contributed by atoms with Crippen LogP contribution in [-0.2, 0) is 16.8 Å². The van der Waals surface area contributed by atoms with Gasteiger partial charge >= 0.3 is 5.69 Å². The molecule has 6 heteroatoms. The molecular weight excluding hydrogens is 376 g/mol. The zero-order chi connectivity index (χ0) is 20.3. The molecule has 4 bridgehead atoms. The molecule has 6 nitrogen and oxygen atoms in total. The highest BCUT2D eigenvalue weighted by molar-refractivity contribution is 5.90. The minimum absolute atomic E-state index is 0.1000. The summed E-state index contributed by atoms with van der Waals surface area (Å²) in [5, 5.41) is 7.14. The molecule has 7 rings (SSSR count). The van der Waals surface area contributed by atoms with E-state index >= 15 is 0 Å². The van der Waals surface area contributed by atoms with Crippen molar-refractivity contribution in [2.24, 2.45) is 17.8 Å². The lowest BCUT2D eigenvalue weighted by Crippen LogP contribution is -2.48. The van der Waals surface area contributed by atoms with Crippen LogP contribution < -0.4 is 11.0 Å². The molecule has 0 aliphatic heterocycles. The predicted molar refractivity (Wildman–Crippen MR) is 114 cm³/mol. The van der Waals surface area contributed by atoms with E-state index in [0.717, 1.165) is 23.4 Å². The Kier molecular flexibility index (Phi) is 3.92. The van der Waals surface area contributed by atoms with Gasteiger partial charge in [-0.15, -0.1) is 5.10 Å². The molecule has 4 fully saturated rings. The molecule has 0 spiro atoms. The van der Waals surface area contributed by atoms with Crippen LogP contribution >= 0.6 is 0 Å². The summed E-state index contributed by atoms with van der Waals surface area (Å²) in [6.07, 6.45) is 9.98. The van der Waals surface area contributed by atoms with Crippen LogP contribution in [0, 0.1) is 17.8 Å². The number of nitrogens with one attached hydrogen (secondary N) is 1. The molecule has 154 valence electrons. The van der Waals surface area contributed by atoms with E-state index in [4.69, 9.17) is 0 Å². The second-order valence-electron chi connectivity index (χ2n) is 9.69. The molecule has 2 heterocycles. The Hall–Kier alpha value is -2.89. The SMILES string of the molecule is O=C(Cn1nc2ccccn2c1=O)Nc1ccc(C23CC4CC(CC(C4)C2)C3)cc1. The molecule has 4 saturated carbocycles. The summed E-state index contributed by atoms with van der Waals surface area (Å²) in [6.45, 7) is -0.1000. The van der Waals surface area contributed by atoms with E-state index in [0.29, 0.717) is 11.1 Å². The van der Waals surface area contributed by atoms with Crippen molar-refractivity contribution in [3.05, 3.63) is 64.7 Å². The number of fused-ring (bicyclic) bond motifs is 1. The molecule has 1 N–H and O–H groups in total. The summed E-state index contributed by atoms with van der Waals surface area (Å²) < 4.78 is 2.64. The van der Waals surface area contributed by atoms with Gasteiger partial charge in [0.2, 0.25) is 5.91 Å². The number of pyridine rings is 1. The smallest absolute Gasteiger partial charge is 0.324 e. The van der Waals surface area contributed by atoms with Crippen LogP contribution in [0.4, 0.5) is 5.69 Å². The molecule has 1 aromatic carbocycles. The molecular formula is C24H26N4O2. The largest absolute Gasteiger partial charge is 0.350 e. The zero-order valence-electron chi connectivity index (χ0n) is 17.0. The molecule has 30 heavy (non-hydrogen) atoms. The average molecular weight is 402 g/mol. The first-order valence-electron chi connectivity index (χ1n) is 11.0. The van der Waals surface area contributed by atoms with Crippen LogP contribution in [0.5, 0.6) is 0 Å². The van der Waals surface area contributed by atoms with Gasteiger partial charge in [0.15, 0.2) is 5.65 Å². The third kappa shape index (κ3) is 2.89. The van der Waals surface area contributed by atoms with E-state index in [1.54, 1.807) is 18.3 Å². The number of anilines is 1. The topological polar surface area (TPSA) is 68.4 Å². The van der Waals surface area contributed by atoms with E-state index in [-0.39, 0.29) is 18.1 Å². The number of amides is 1. The summed E-state index contributed by atoms with van der Waals surface area (Å²) >= 11 is 0. The molecule has 0 radical (unpaired) electrons. The van der Waals surface area contributed by atoms with Crippen LogP contribution in [0.25, 0.3) is 5.65 Å². The summed E-state index contributed by atoms with van der Waals surface area (Å²) in [5.74, 6) is 2.50. The minimum Gasteiger partial charge on any atom is -0.324 e. The molecule has 4 aliphatic carbocycles. The van der Waals surface area contributed by atoms with Gasteiger partial charge in [0.25, 0.3) is 0 Å². The normalized spacial score (nSPS) is 29.4. The molecule has 2 aromatic heterocycles. The van der Waals surface area contributed by atoms with Crippen LogP contribution in [0.1, 0.15) is 44.1 Å². The van der Waals surface area contributed by atoms with Gasteiger partial charge < -0.3 is 5.32 Å². The molecule has 4 aliphatic rings. The van der Waals surface area contributed by atoms with Crippen molar-refractivity contribution < 1.29 is 4.79 Å². The van der Waals surface area contributed by atoms with Crippen LogP contribution in [0.15, 0.2) is 53.5 Å². The van der Waals surface area contributed by atoms with Crippen molar-refractivity contribution in [3.8, 4) is 0 Å². The van der Waals surface area contributed by atoms with Crippen molar-refractivity contribution >= 4 is 17.2 Å². The highest BCUT2D eigenvalue weighted by Gasteiger charge is 2.51. The lowest BCUT2D eigenvalue weighted by atomic mass is 9.48. The van der Waals surface area contributed by atoms with Gasteiger partial charge in [0, 0.05) is 11.9 Å². The fourth-order valence-electron chi connectivity index (χ4n) is 6.78. The summed E-state index contributed by atoms with van der Waals surface area (Å²) in [4.78, 5) is 24.8. The molecule has 1 amide bonds. The Morgan fingerprint density at radius 3 is 2.30 bits per heavy atom. The summed E-state index contributed by atoms with van der Waals surface area (Å²) in [6, 6.07) is 13.8. The molecule has 0 unspecified atom stereocenters. The first-order valence-corrected chi connectivity index (χ1v) is 11.0. The van der Waals surface area contributed by atoms with E-state index in [1.807, 2.05) is 18.2 Å². The van der Waals surface area contributed by atoms with Crippen molar-refractivity contribution in [1.82, 2.24) is 14.2 Å². The van der Waals surface area contributed by atoms with Gasteiger partial charge in [0.1, 0.15) is 6.54 Å². The number of aromatic nitrogens is 3. The zero-order valence-corrected chi connectivity index (χ0v) is 17.0. The maximum atomic E-state index is 12.5. The van der Waals surface area contributed by atoms with Crippen molar-refractivity contribution in [2.75, 3.05) is 5.32 Å². The lowest BCUT2D eigenvalue weighted by molar-refractivity contribution is -0.117. The van der Waals surface area contributed by atoms with Gasteiger partial charge in [-0.05, 0) is 91.5 Å². The Morgan fingerprint density at radius 1 is 1.00 bits per heavy atom. The summed E-state index contributed by atoms with van der Waals surface area (Å²) in [5.41, 5.74) is 2.80. The Balaban J connectivity index is 1.17. The van der Waals surface area contributed by atoms with Gasteiger partial charge in [-0.3, -0.25) is 9.20 Å². The van der Waals surface area contributed by atoms with Crippen LogP contribution in [-0.4, -0.2) is 20.1 Å². The number of hydrogen-bond acceptors (Lipinski definition) is 3. The third-order valence-corrected chi connectivity index (χ3v) is 7.60. The van der Waals surface area contributed by atoms with E-state index in [2.05, 4.69) is 22.5 Å². The third-order valence-electron chi connectivity index (χ3n) is 7.60. The van der Waals surface area contributed by atoms with E-state index < -0.39 is 0 Å². The Bertz CT molecular complexity index is 1140. The fourth-order valence-corrected chi connectivity index (χ4v) is 6.78. The molecule has 0 atom stereocenters. The summed E-state index contributed by atoms with van der Waals surface area (Å²) in [7, 11) is 0. The maximum Gasteiger partial charge on any atom is 0.350 e. The fraction of sp³-hybridized carbons (Fsp3) is 0.458. The van der Waals surface area contributed by atoms with Crippen LogP contribution in [0.3, 0.4) is 0 Å². The van der Waals surface area contributed by atoms with E-state index in [9.17, 15) is 9.59 Å². The number of carbonyl (C=O) groups is 1. The Labute approximate surface area is 174 Å². The standard InChI is InChI=1S/C24H26N4O2/c29-22(15-28-23(30)27-8-2-1-3-21(27)26-28)25-20-6-4-19(5-7-20)24-12-16-9-17(13-24)11-18(10-16)14-24/h1-8,16-18H,9-15H2,(H,25,29). The van der Waals surface area contributed by atoms with Crippen LogP contribution in [0.2, 0.25) is 0 Å².